The van der Waals surface area contributed by atoms with Crippen LogP contribution in [0.1, 0.15) is 30.2 Å². The molecule has 0 radical (unpaired) electrons. The van der Waals surface area contributed by atoms with Crippen LogP contribution in [0.3, 0.4) is 0 Å². The van der Waals surface area contributed by atoms with Gasteiger partial charge in [0.1, 0.15) is 0 Å². The molecule has 0 aliphatic heterocycles. The van der Waals surface area contributed by atoms with Crippen molar-refractivity contribution in [2.75, 3.05) is 21.3 Å². The number of halogens is 5. The van der Waals surface area contributed by atoms with Gasteiger partial charge in [-0.15, -0.1) is 0 Å². The fraction of sp³-hybridized carbons (Fsp3) is 0.381. The van der Waals surface area contributed by atoms with Gasteiger partial charge in [-0.1, -0.05) is 0 Å². The number of ether oxygens (including phenoxy) is 1. The number of benzene rings is 1. The number of hydrogen-bond donors (Lipinski definition) is 1. The van der Waals surface area contributed by atoms with Crippen LogP contribution >= 0.6 is 31.4 Å². The van der Waals surface area contributed by atoms with Crippen molar-refractivity contribution in [3.05, 3.63) is 58.4 Å². The van der Waals surface area contributed by atoms with E-state index in [1.807, 2.05) is 6.92 Å². The second-order valence-electron chi connectivity index (χ2n) is 6.51. The number of esters is 1. The Morgan fingerprint density at radius 3 is 2.45 bits per heavy atom. The zero-order chi connectivity index (χ0) is 23.0. The molecule has 0 atom stereocenters. The summed E-state index contributed by atoms with van der Waals surface area (Å²) in [4.78, 5) is 28.2. The molecule has 0 saturated heterocycles. The normalized spacial score (nSPS) is 11.7. The third-order valence-corrected chi connectivity index (χ3v) is 10.2. The van der Waals surface area contributed by atoms with Crippen molar-refractivity contribution in [3.63, 3.8) is 0 Å². The van der Waals surface area contributed by atoms with Crippen LogP contribution in [-0.2, 0) is 28.5 Å². The molecule has 0 aliphatic rings. The summed E-state index contributed by atoms with van der Waals surface area (Å²) in [5.41, 5.74) is 0.974. The van der Waals surface area contributed by atoms with Crippen LogP contribution in [0, 0.1) is 0 Å². The minimum absolute atomic E-state index is 0.0843. The van der Waals surface area contributed by atoms with Crippen molar-refractivity contribution in [2.24, 2.45) is 0 Å². The molecule has 170 valence electrons. The van der Waals surface area contributed by atoms with Crippen LogP contribution in [0.25, 0.3) is 0 Å². The number of carbonyl (C=O) groups excluding carboxylic acids is 2. The van der Waals surface area contributed by atoms with Gasteiger partial charge in [0.05, 0.1) is 0 Å². The monoisotopic (exact) mass is 570 g/mol. The zero-order valence-corrected chi connectivity index (χ0v) is 20.0. The molecule has 2 aromatic rings. The van der Waals surface area contributed by atoms with Crippen LogP contribution in [-0.4, -0.2) is 30.8 Å². The molecule has 0 aliphatic carbocycles. The Morgan fingerprint density at radius 2 is 1.90 bits per heavy atom. The van der Waals surface area contributed by atoms with Crippen LogP contribution < -0.4 is 5.32 Å². The van der Waals surface area contributed by atoms with Gasteiger partial charge < -0.3 is 0 Å². The van der Waals surface area contributed by atoms with Gasteiger partial charge in [-0.3, -0.25) is 0 Å². The van der Waals surface area contributed by atoms with E-state index in [1.165, 1.54) is 19.2 Å². The van der Waals surface area contributed by atoms with Gasteiger partial charge in [-0.25, -0.2) is 0 Å². The quantitative estimate of drug-likeness (QED) is 0.129. The predicted octanol–water partition coefficient (Wildman–Crippen LogP) is 6.16. The summed E-state index contributed by atoms with van der Waals surface area (Å²) in [6, 6.07) is 6.14. The first kappa shape index (κ1) is 25.4. The third kappa shape index (κ3) is 7.95. The Balaban J connectivity index is 1.88. The van der Waals surface area contributed by atoms with Gasteiger partial charge >= 0.3 is 191 Å². The summed E-state index contributed by atoms with van der Waals surface area (Å²) in [5, 5.41) is 3.21. The van der Waals surface area contributed by atoms with Crippen LogP contribution in [0.2, 0.25) is 5.02 Å². The van der Waals surface area contributed by atoms with Crippen LogP contribution in [0.5, 0.6) is 0 Å². The number of alkyl halides is 5. The van der Waals surface area contributed by atoms with E-state index in [1.54, 1.807) is 12.3 Å². The molecule has 1 aromatic carbocycles. The fourth-order valence-corrected chi connectivity index (χ4v) is 6.91. The number of amides is 1. The van der Waals surface area contributed by atoms with E-state index in [0.29, 0.717) is 28.4 Å². The Kier molecular flexibility index (Phi) is 9.54. The van der Waals surface area contributed by atoms with E-state index in [0.717, 1.165) is 27.4 Å². The number of nitrogens with zero attached hydrogens (tertiary/aromatic N) is 1. The molecule has 31 heavy (non-hydrogen) atoms. The van der Waals surface area contributed by atoms with Crippen molar-refractivity contribution in [3.8, 4) is 0 Å². The summed E-state index contributed by atoms with van der Waals surface area (Å²) in [7, 11) is 1.31. The van der Waals surface area contributed by atoms with Crippen LogP contribution in [0.4, 0.5) is 23.7 Å². The summed E-state index contributed by atoms with van der Waals surface area (Å²) in [6.45, 7) is 1.95. The maximum absolute atomic E-state index is 12.7. The molecule has 0 bridgehead atoms. The van der Waals surface area contributed by atoms with Gasteiger partial charge in [0.2, 0.25) is 0 Å². The van der Waals surface area contributed by atoms with Gasteiger partial charge in [0.25, 0.3) is 0 Å². The number of aromatic nitrogens is 1. The average molecular weight is 571 g/mol. The molecule has 0 fully saturated rings. The number of anilines is 1. The predicted molar refractivity (Wildman–Crippen MR) is 123 cm³/mol. The first-order chi connectivity index (χ1) is 14.6. The topological polar surface area (TPSA) is 68.3 Å². The second-order valence-corrected chi connectivity index (χ2v) is 13.1. The van der Waals surface area contributed by atoms with E-state index in [2.05, 4.69) is 15.0 Å². The number of carbonyl (C=O) groups is 2. The first-order valence-electron chi connectivity index (χ1n) is 9.44. The van der Waals surface area contributed by atoms with Crippen LogP contribution in [0.15, 0.2) is 36.5 Å². The number of pyridine rings is 1. The number of nitrogens with one attached hydrogen (secondary N) is 1. The molecule has 1 aromatic heterocycles. The van der Waals surface area contributed by atoms with Crippen molar-refractivity contribution in [1.82, 2.24) is 4.98 Å². The Hall–Kier alpha value is -1.88. The molecule has 0 unspecified atom stereocenters. The zero-order valence-electron chi connectivity index (χ0n) is 17.1. The molecule has 0 saturated carbocycles. The number of methoxy groups -OCH3 is 1. The molecule has 10 heteroatoms. The van der Waals surface area contributed by atoms with Crippen molar-refractivity contribution < 1.29 is 27.5 Å². The van der Waals surface area contributed by atoms with E-state index in [4.69, 9.17) is 11.6 Å². The summed E-state index contributed by atoms with van der Waals surface area (Å²) in [5.74, 6) is -0.373. The van der Waals surface area contributed by atoms with E-state index in [-0.39, 0.29) is 16.3 Å². The number of hydrogen-bond acceptors (Lipinski definition) is 4. The van der Waals surface area contributed by atoms with Gasteiger partial charge in [-0.2, -0.15) is 0 Å². The van der Waals surface area contributed by atoms with E-state index in [9.17, 15) is 22.8 Å². The Morgan fingerprint density at radius 1 is 1.23 bits per heavy atom. The summed E-state index contributed by atoms with van der Waals surface area (Å²) in [6.07, 6.45) is -1.40. The van der Waals surface area contributed by atoms with Gasteiger partial charge in [-0.05, 0) is 0 Å². The second kappa shape index (κ2) is 11.7. The standard InChI is InChI=1S/C21H23ClF3IN2O3/c1-3-26(20(30)28-16-8-6-15(7-9-16)21(23,24)25)10-4-5-18-17(22)11-14(13-27-18)12-19(29)31-2/h6-9,11,13H,3-5,10,12H2,1-2H3,(H,28,30). The van der Waals surface area contributed by atoms with Crippen molar-refractivity contribution >= 4 is 47.0 Å². The minimum atomic E-state index is -4.41. The van der Waals surface area contributed by atoms with E-state index < -0.39 is 31.6 Å². The maximum atomic E-state index is 12.7. The average Bonchev–Trinajstić information content (AvgIpc) is 2.72. The first-order valence-corrected chi connectivity index (χ1v) is 13.9. The van der Waals surface area contributed by atoms with Gasteiger partial charge in [0.15, 0.2) is 0 Å². The summed E-state index contributed by atoms with van der Waals surface area (Å²) < 4.78 is 44.0. The molecule has 2 rings (SSSR count). The summed E-state index contributed by atoms with van der Waals surface area (Å²) >= 11 is 4.25. The molecular weight excluding hydrogens is 548 g/mol. The number of aryl methyl sites for hydroxylation is 1. The third-order valence-electron chi connectivity index (χ3n) is 4.35. The van der Waals surface area contributed by atoms with Gasteiger partial charge in [0, 0.05) is 0 Å². The molecule has 0 spiro atoms. The SMILES string of the molecule is CCI(CCCc1ncc(CC(=O)OC)cc1Cl)C(=O)Nc1ccc(C(F)(F)F)cc1. The van der Waals surface area contributed by atoms with E-state index >= 15 is 0 Å². The van der Waals surface area contributed by atoms with Crippen molar-refractivity contribution in [1.29, 1.82) is 0 Å². The van der Waals surface area contributed by atoms with Crippen molar-refractivity contribution in [2.45, 2.75) is 32.4 Å². The molecule has 1 heterocycles. The molecule has 1 amide bonds. The molecular formula is C21H23ClF3IN2O3. The Labute approximate surface area is 191 Å². The molecule has 5 nitrogen and oxygen atoms in total. The Bertz CT molecular complexity index is 908. The fourth-order valence-electron chi connectivity index (χ4n) is 2.68. The molecule has 1 N–H and O–H groups in total. The number of rotatable bonds is 9.